The van der Waals surface area contributed by atoms with E-state index in [2.05, 4.69) is 11.3 Å². The first kappa shape index (κ1) is 10.7. The molecule has 1 N–H and O–H groups in total. The predicted molar refractivity (Wildman–Crippen MR) is 52.5 cm³/mol. The van der Waals surface area contributed by atoms with Gasteiger partial charge in [0.2, 0.25) is 0 Å². The number of hydrogen-bond donors (Lipinski definition) is 1. The first-order valence-electron chi connectivity index (χ1n) is 4.41. The van der Waals surface area contributed by atoms with E-state index in [1.54, 1.807) is 6.92 Å². The highest BCUT2D eigenvalue weighted by molar-refractivity contribution is 7.87. The van der Waals surface area contributed by atoms with E-state index in [1.807, 2.05) is 0 Å². The van der Waals surface area contributed by atoms with Crippen LogP contribution in [0.5, 0.6) is 0 Å². The van der Waals surface area contributed by atoms with Gasteiger partial charge < -0.3 is 0 Å². The van der Waals surface area contributed by atoms with E-state index in [0.717, 1.165) is 18.4 Å². The third kappa shape index (κ3) is 3.10. The predicted octanol–water partition coefficient (Wildman–Crippen LogP) is 0.493. The Hall–Kier alpha value is -0.390. The summed E-state index contributed by atoms with van der Waals surface area (Å²) >= 11 is 0. The van der Waals surface area contributed by atoms with Crippen LogP contribution in [0.15, 0.2) is 12.2 Å². The van der Waals surface area contributed by atoms with Gasteiger partial charge in [0.1, 0.15) is 0 Å². The van der Waals surface area contributed by atoms with Crippen LogP contribution in [-0.2, 0) is 10.2 Å². The molecular formula is C8H16N2O2S. The van der Waals surface area contributed by atoms with Gasteiger partial charge in [-0.25, -0.2) is 0 Å². The van der Waals surface area contributed by atoms with Crippen LogP contribution in [0.3, 0.4) is 0 Å². The fourth-order valence-electron chi connectivity index (χ4n) is 1.23. The molecule has 1 saturated heterocycles. The third-order valence-corrected chi connectivity index (χ3v) is 3.52. The van der Waals surface area contributed by atoms with Gasteiger partial charge >= 0.3 is 0 Å². The third-order valence-electron chi connectivity index (χ3n) is 1.96. The Morgan fingerprint density at radius 3 is 2.46 bits per heavy atom. The molecule has 0 bridgehead atoms. The van der Waals surface area contributed by atoms with Gasteiger partial charge in [-0.3, -0.25) is 0 Å². The quantitative estimate of drug-likeness (QED) is 0.678. The molecule has 76 valence electrons. The minimum absolute atomic E-state index is 0.332. The number of hydrogen-bond acceptors (Lipinski definition) is 2. The minimum atomic E-state index is -3.23. The lowest BCUT2D eigenvalue weighted by Gasteiger charge is -2.15. The van der Waals surface area contributed by atoms with E-state index in [4.69, 9.17) is 0 Å². The molecule has 0 aromatic heterocycles. The highest BCUT2D eigenvalue weighted by Gasteiger charge is 2.24. The molecule has 0 unspecified atom stereocenters. The van der Waals surface area contributed by atoms with Gasteiger partial charge in [0.15, 0.2) is 0 Å². The highest BCUT2D eigenvalue weighted by Crippen LogP contribution is 2.10. The van der Waals surface area contributed by atoms with Crippen molar-refractivity contribution in [2.75, 3.05) is 19.6 Å². The van der Waals surface area contributed by atoms with Gasteiger partial charge in [0.25, 0.3) is 10.2 Å². The summed E-state index contributed by atoms with van der Waals surface area (Å²) in [5.74, 6) is 0. The number of nitrogens with zero attached hydrogens (tertiary/aromatic N) is 1. The Morgan fingerprint density at radius 1 is 1.46 bits per heavy atom. The molecule has 0 aromatic rings. The van der Waals surface area contributed by atoms with Crippen molar-refractivity contribution < 1.29 is 8.42 Å². The molecule has 5 heteroatoms. The van der Waals surface area contributed by atoms with Crippen LogP contribution in [0, 0.1) is 0 Å². The molecule has 1 aliphatic rings. The second-order valence-electron chi connectivity index (χ2n) is 3.39. The molecule has 0 aliphatic carbocycles. The molecule has 0 spiro atoms. The summed E-state index contributed by atoms with van der Waals surface area (Å²) in [5.41, 5.74) is 0.822. The van der Waals surface area contributed by atoms with Crippen molar-refractivity contribution in [3.63, 3.8) is 0 Å². The van der Waals surface area contributed by atoms with Crippen molar-refractivity contribution in [1.29, 1.82) is 0 Å². The number of nitrogens with one attached hydrogen (secondary N) is 1. The topological polar surface area (TPSA) is 49.4 Å². The van der Waals surface area contributed by atoms with Crippen LogP contribution >= 0.6 is 0 Å². The van der Waals surface area contributed by atoms with E-state index in [9.17, 15) is 8.42 Å². The zero-order chi connectivity index (χ0) is 9.90. The maximum atomic E-state index is 11.5. The fourth-order valence-corrected chi connectivity index (χ4v) is 2.58. The molecule has 0 aromatic carbocycles. The summed E-state index contributed by atoms with van der Waals surface area (Å²) in [5, 5.41) is 0. The number of rotatable bonds is 4. The molecule has 13 heavy (non-hydrogen) atoms. The molecule has 1 heterocycles. The largest absolute Gasteiger partial charge is 0.279 e. The van der Waals surface area contributed by atoms with Gasteiger partial charge in [0, 0.05) is 19.6 Å². The molecule has 1 fully saturated rings. The molecule has 1 rings (SSSR count). The van der Waals surface area contributed by atoms with Crippen LogP contribution in [0.25, 0.3) is 0 Å². The molecule has 0 radical (unpaired) electrons. The Labute approximate surface area is 79.8 Å². The van der Waals surface area contributed by atoms with Crippen molar-refractivity contribution in [1.82, 2.24) is 9.03 Å². The van der Waals surface area contributed by atoms with Crippen LogP contribution in [0.1, 0.15) is 19.8 Å². The zero-order valence-corrected chi connectivity index (χ0v) is 8.73. The summed E-state index contributed by atoms with van der Waals surface area (Å²) in [6, 6.07) is 0. The van der Waals surface area contributed by atoms with E-state index in [0.29, 0.717) is 19.6 Å². The molecule has 1 aliphatic heterocycles. The van der Waals surface area contributed by atoms with Gasteiger partial charge in [-0.15, -0.1) is 0 Å². The summed E-state index contributed by atoms with van der Waals surface area (Å²) < 4.78 is 27.0. The lowest BCUT2D eigenvalue weighted by atomic mass is 10.4. The monoisotopic (exact) mass is 204 g/mol. The summed E-state index contributed by atoms with van der Waals surface area (Å²) in [7, 11) is -3.23. The van der Waals surface area contributed by atoms with Crippen molar-refractivity contribution >= 4 is 10.2 Å². The standard InChI is InChI=1S/C8H16N2O2S/c1-8(2)7-9-13(11,12)10-5-3-4-6-10/h9H,1,3-7H2,2H3. The minimum Gasteiger partial charge on any atom is -0.198 e. The smallest absolute Gasteiger partial charge is 0.198 e. The second kappa shape index (κ2) is 4.21. The van der Waals surface area contributed by atoms with E-state index in [-0.39, 0.29) is 0 Å². The van der Waals surface area contributed by atoms with Gasteiger partial charge in [0.05, 0.1) is 0 Å². The molecular weight excluding hydrogens is 188 g/mol. The summed E-state index contributed by atoms with van der Waals surface area (Å²) in [6.45, 7) is 7.06. The highest BCUT2D eigenvalue weighted by atomic mass is 32.2. The maximum Gasteiger partial charge on any atom is 0.279 e. The van der Waals surface area contributed by atoms with Crippen molar-refractivity contribution in [2.45, 2.75) is 19.8 Å². The van der Waals surface area contributed by atoms with Crippen molar-refractivity contribution in [3.8, 4) is 0 Å². The zero-order valence-electron chi connectivity index (χ0n) is 7.91. The van der Waals surface area contributed by atoms with Crippen LogP contribution in [-0.4, -0.2) is 32.4 Å². The normalized spacial score (nSPS) is 19.2. The molecule has 0 atom stereocenters. The lowest BCUT2D eigenvalue weighted by Crippen LogP contribution is -2.39. The van der Waals surface area contributed by atoms with E-state index >= 15 is 0 Å². The second-order valence-corrected chi connectivity index (χ2v) is 5.14. The van der Waals surface area contributed by atoms with Crippen molar-refractivity contribution in [3.05, 3.63) is 12.2 Å². The lowest BCUT2D eigenvalue weighted by molar-refractivity contribution is 0.467. The van der Waals surface area contributed by atoms with Crippen LogP contribution in [0.4, 0.5) is 0 Å². The van der Waals surface area contributed by atoms with Gasteiger partial charge in [-0.1, -0.05) is 12.2 Å². The van der Waals surface area contributed by atoms with E-state index in [1.165, 1.54) is 4.31 Å². The molecule has 4 nitrogen and oxygen atoms in total. The fraction of sp³-hybridized carbons (Fsp3) is 0.750. The Morgan fingerprint density at radius 2 is 2.00 bits per heavy atom. The average molecular weight is 204 g/mol. The van der Waals surface area contributed by atoms with Crippen molar-refractivity contribution in [2.24, 2.45) is 0 Å². The average Bonchev–Trinajstić information content (AvgIpc) is 2.53. The maximum absolute atomic E-state index is 11.5. The summed E-state index contributed by atoms with van der Waals surface area (Å²) in [6.07, 6.45) is 1.93. The summed E-state index contributed by atoms with van der Waals surface area (Å²) in [4.78, 5) is 0. The molecule has 0 amide bonds. The van der Waals surface area contributed by atoms with Crippen LogP contribution < -0.4 is 4.72 Å². The van der Waals surface area contributed by atoms with Gasteiger partial charge in [-0.2, -0.15) is 17.4 Å². The molecule has 0 saturated carbocycles. The first-order chi connectivity index (χ1) is 6.02. The Kier molecular flexibility index (Phi) is 3.47. The Balaban J connectivity index is 2.50. The Bertz CT molecular complexity index is 279. The first-order valence-corrected chi connectivity index (χ1v) is 5.85. The SMILES string of the molecule is C=C(C)CNS(=O)(=O)N1CCCC1. The van der Waals surface area contributed by atoms with Crippen LogP contribution in [0.2, 0.25) is 0 Å². The van der Waals surface area contributed by atoms with E-state index < -0.39 is 10.2 Å². The van der Waals surface area contributed by atoms with Gasteiger partial charge in [-0.05, 0) is 19.8 Å².